The fourth-order valence-electron chi connectivity index (χ4n) is 3.30. The highest BCUT2D eigenvalue weighted by Gasteiger charge is 2.25. The summed E-state index contributed by atoms with van der Waals surface area (Å²) >= 11 is 0. The van der Waals surface area contributed by atoms with Crippen molar-refractivity contribution in [2.45, 2.75) is 45.4 Å². The quantitative estimate of drug-likeness (QED) is 0.826. The first kappa shape index (κ1) is 21.3. The summed E-state index contributed by atoms with van der Waals surface area (Å²) in [7, 11) is 1.74. The lowest BCUT2D eigenvalue weighted by Crippen LogP contribution is -2.42. The number of fused-ring (bicyclic) bond motifs is 1. The van der Waals surface area contributed by atoms with Gasteiger partial charge in [0.1, 0.15) is 11.9 Å². The number of alkyl carbamates (subject to hydrolysis) is 1. The van der Waals surface area contributed by atoms with E-state index in [1.165, 1.54) is 6.07 Å². The van der Waals surface area contributed by atoms with Gasteiger partial charge in [-0.15, -0.1) is 0 Å². The Labute approximate surface area is 175 Å². The summed E-state index contributed by atoms with van der Waals surface area (Å²) in [5, 5.41) is 11.9. The Morgan fingerprint density at radius 2 is 1.93 bits per heavy atom. The number of hydrogen-bond donors (Lipinski definition) is 1. The van der Waals surface area contributed by atoms with Crippen molar-refractivity contribution in [1.29, 1.82) is 5.26 Å². The Morgan fingerprint density at radius 1 is 1.27 bits per heavy atom. The molecular formula is C23H24FN3O3. The van der Waals surface area contributed by atoms with Crippen LogP contribution in [-0.2, 0) is 17.7 Å². The highest BCUT2D eigenvalue weighted by molar-refractivity contribution is 5.99. The van der Waals surface area contributed by atoms with Crippen molar-refractivity contribution in [2.75, 3.05) is 7.05 Å². The van der Waals surface area contributed by atoms with Crippen LogP contribution in [0.1, 0.15) is 42.3 Å². The van der Waals surface area contributed by atoms with Crippen LogP contribution in [0.2, 0.25) is 0 Å². The highest BCUT2D eigenvalue weighted by Crippen LogP contribution is 2.29. The zero-order chi connectivity index (χ0) is 22.1. The van der Waals surface area contributed by atoms with Crippen LogP contribution in [0.25, 0.3) is 11.1 Å². The summed E-state index contributed by atoms with van der Waals surface area (Å²) < 4.78 is 19.8. The van der Waals surface area contributed by atoms with E-state index in [9.17, 15) is 19.2 Å². The van der Waals surface area contributed by atoms with Crippen molar-refractivity contribution in [3.8, 4) is 17.2 Å². The molecule has 7 heteroatoms. The van der Waals surface area contributed by atoms with Crippen molar-refractivity contribution in [2.24, 2.45) is 0 Å². The van der Waals surface area contributed by atoms with Crippen molar-refractivity contribution in [1.82, 2.24) is 10.2 Å². The molecule has 0 spiro atoms. The normalized spacial score (nSPS) is 14.1. The molecule has 0 saturated heterocycles. The maximum Gasteiger partial charge on any atom is 0.408 e. The van der Waals surface area contributed by atoms with Gasteiger partial charge in [0.15, 0.2) is 6.10 Å². The van der Waals surface area contributed by atoms with Crippen LogP contribution in [0.4, 0.5) is 9.18 Å². The number of benzene rings is 2. The van der Waals surface area contributed by atoms with Crippen LogP contribution in [-0.4, -0.2) is 35.6 Å². The van der Waals surface area contributed by atoms with Gasteiger partial charge in [-0.25, -0.2) is 9.18 Å². The van der Waals surface area contributed by atoms with E-state index >= 15 is 0 Å². The number of carbonyl (C=O) groups is 2. The van der Waals surface area contributed by atoms with Gasteiger partial charge in [0.05, 0.1) is 0 Å². The van der Waals surface area contributed by atoms with E-state index in [4.69, 9.17) is 4.74 Å². The first-order chi connectivity index (χ1) is 14.1. The van der Waals surface area contributed by atoms with Crippen molar-refractivity contribution >= 4 is 12.0 Å². The largest absolute Gasteiger partial charge is 0.430 e. The Morgan fingerprint density at radius 3 is 2.57 bits per heavy atom. The van der Waals surface area contributed by atoms with Gasteiger partial charge in [-0.05, 0) is 55.2 Å². The molecule has 156 valence electrons. The topological polar surface area (TPSA) is 82.4 Å². The van der Waals surface area contributed by atoms with Crippen molar-refractivity contribution in [3.63, 3.8) is 0 Å². The van der Waals surface area contributed by atoms with E-state index in [1.54, 1.807) is 50.9 Å². The van der Waals surface area contributed by atoms with E-state index in [0.717, 1.165) is 11.1 Å². The van der Waals surface area contributed by atoms with Crippen LogP contribution >= 0.6 is 0 Å². The van der Waals surface area contributed by atoms with Gasteiger partial charge < -0.3 is 15.0 Å². The summed E-state index contributed by atoms with van der Waals surface area (Å²) in [5.41, 5.74) is 2.71. The molecule has 1 N–H and O–H groups in total. The third-order valence-electron chi connectivity index (χ3n) is 4.76. The number of hydrogen-bond acceptors (Lipinski definition) is 4. The highest BCUT2D eigenvalue weighted by atomic mass is 19.1. The Balaban J connectivity index is 1.75. The van der Waals surface area contributed by atoms with Gasteiger partial charge in [-0.1, -0.05) is 24.3 Å². The number of nitrogens with zero attached hydrogens (tertiary/aromatic N) is 2. The second-order valence-electron chi connectivity index (χ2n) is 8.44. The van der Waals surface area contributed by atoms with Crippen LogP contribution < -0.4 is 5.32 Å². The van der Waals surface area contributed by atoms with Crippen LogP contribution in [0.5, 0.6) is 0 Å². The van der Waals surface area contributed by atoms with E-state index < -0.39 is 23.6 Å². The minimum absolute atomic E-state index is 0.0495. The zero-order valence-electron chi connectivity index (χ0n) is 17.5. The third-order valence-corrected chi connectivity index (χ3v) is 4.76. The lowest BCUT2D eigenvalue weighted by atomic mass is 9.98. The molecule has 0 radical (unpaired) electrons. The Hall–Kier alpha value is -3.40. The summed E-state index contributed by atoms with van der Waals surface area (Å²) in [6.07, 6.45) is -1.90. The molecule has 0 aliphatic carbocycles. The number of ether oxygens (including phenoxy) is 1. The lowest BCUT2D eigenvalue weighted by Gasteiger charge is -2.21. The van der Waals surface area contributed by atoms with E-state index in [2.05, 4.69) is 5.32 Å². The molecular weight excluding hydrogens is 385 g/mol. The summed E-state index contributed by atoms with van der Waals surface area (Å²) in [6.45, 7) is 5.94. The predicted molar refractivity (Wildman–Crippen MR) is 110 cm³/mol. The molecule has 1 aliphatic heterocycles. The van der Waals surface area contributed by atoms with Gasteiger partial charge in [-0.2, -0.15) is 5.26 Å². The van der Waals surface area contributed by atoms with Crippen molar-refractivity contribution < 1.29 is 18.7 Å². The van der Waals surface area contributed by atoms with Crippen LogP contribution in [0.15, 0.2) is 36.4 Å². The number of rotatable bonds is 4. The van der Waals surface area contributed by atoms with Gasteiger partial charge in [-0.3, -0.25) is 4.79 Å². The first-order valence-electron chi connectivity index (χ1n) is 9.63. The molecule has 0 bridgehead atoms. The molecule has 30 heavy (non-hydrogen) atoms. The average Bonchev–Trinajstić information content (AvgIpc) is 2.94. The average molecular weight is 409 g/mol. The molecule has 0 fully saturated rings. The van der Waals surface area contributed by atoms with Gasteiger partial charge in [0.2, 0.25) is 0 Å². The molecule has 2 aromatic carbocycles. The van der Waals surface area contributed by atoms with Gasteiger partial charge >= 0.3 is 6.09 Å². The molecule has 6 nitrogen and oxygen atoms in total. The standard InChI is InChI=1S/C23H24FN3O3/c1-23(2,3)26-22(29)30-18(12-25)9-16-7-5-15(11-20(16)24)14-6-8-17-13-27(4)21(28)19(17)10-14/h5-8,10-11,18H,9,13H2,1-4H3,(H,26,29)/t18-/m0/s1. The van der Waals surface area contributed by atoms with E-state index in [0.29, 0.717) is 17.7 Å². The second-order valence-corrected chi connectivity index (χ2v) is 8.44. The molecule has 0 unspecified atom stereocenters. The smallest absolute Gasteiger partial charge is 0.408 e. The maximum absolute atomic E-state index is 14.7. The van der Waals surface area contributed by atoms with Gasteiger partial charge in [0.25, 0.3) is 5.91 Å². The minimum Gasteiger partial charge on any atom is -0.430 e. The molecule has 0 aromatic heterocycles. The number of nitriles is 1. The fourth-order valence-corrected chi connectivity index (χ4v) is 3.30. The summed E-state index contributed by atoms with van der Waals surface area (Å²) in [4.78, 5) is 25.7. The third kappa shape index (κ3) is 4.77. The number of halogens is 1. The van der Waals surface area contributed by atoms with E-state index in [1.807, 2.05) is 18.2 Å². The molecule has 1 aliphatic rings. The molecule has 1 atom stereocenters. The number of carbonyl (C=O) groups excluding carboxylic acids is 2. The molecule has 1 heterocycles. The van der Waals surface area contributed by atoms with Gasteiger partial charge in [0, 0.05) is 31.1 Å². The fraction of sp³-hybridized carbons (Fsp3) is 0.348. The monoisotopic (exact) mass is 409 g/mol. The predicted octanol–water partition coefficient (Wildman–Crippen LogP) is 4.04. The van der Waals surface area contributed by atoms with Crippen LogP contribution in [0.3, 0.4) is 0 Å². The second kappa shape index (κ2) is 8.15. The minimum atomic E-state index is -1.11. The van der Waals surface area contributed by atoms with Crippen LogP contribution in [0, 0.1) is 17.1 Å². The molecule has 0 saturated carbocycles. The summed E-state index contributed by atoms with van der Waals surface area (Å²) in [5.74, 6) is -0.553. The SMILES string of the molecule is CN1Cc2ccc(-c3ccc(C[C@@H](C#N)OC(=O)NC(C)(C)C)c(F)c3)cc2C1=O. The maximum atomic E-state index is 14.7. The zero-order valence-corrected chi connectivity index (χ0v) is 17.5. The number of amides is 2. The van der Waals surface area contributed by atoms with E-state index in [-0.39, 0.29) is 17.9 Å². The molecule has 3 rings (SSSR count). The first-order valence-corrected chi connectivity index (χ1v) is 9.63. The molecule has 2 amide bonds. The van der Waals surface area contributed by atoms with Crippen molar-refractivity contribution in [3.05, 3.63) is 58.9 Å². The lowest BCUT2D eigenvalue weighted by molar-refractivity contribution is 0.0816. The summed E-state index contributed by atoms with van der Waals surface area (Å²) in [6, 6.07) is 12.1. The number of nitrogens with one attached hydrogen (secondary N) is 1. The Bertz CT molecular complexity index is 1040. The molecule has 2 aromatic rings. The Kier molecular flexibility index (Phi) is 5.79.